The van der Waals surface area contributed by atoms with E-state index in [-0.39, 0.29) is 16.9 Å². The van der Waals surface area contributed by atoms with Crippen LogP contribution in [0.5, 0.6) is 0 Å². The van der Waals surface area contributed by atoms with Crippen molar-refractivity contribution in [2.45, 2.75) is 6.42 Å². The summed E-state index contributed by atoms with van der Waals surface area (Å²) < 4.78 is 20.3. The third-order valence-corrected chi connectivity index (χ3v) is 3.13. The first-order chi connectivity index (χ1) is 10.0. The lowest BCUT2D eigenvalue weighted by Crippen LogP contribution is -2.12. The largest absolute Gasteiger partial charge is 0.465 e. The van der Waals surface area contributed by atoms with Crippen molar-refractivity contribution in [2.75, 3.05) is 24.7 Å². The molecule has 0 atom stereocenters. The number of aryl methyl sites for hydroxylation is 1. The van der Waals surface area contributed by atoms with Crippen molar-refractivity contribution in [2.24, 2.45) is 7.05 Å². The molecule has 0 radical (unpaired) electrons. The normalized spacial score (nSPS) is 10.4. The highest BCUT2D eigenvalue weighted by atomic mass is 19.1. The van der Waals surface area contributed by atoms with Gasteiger partial charge in [-0.25, -0.2) is 14.2 Å². The van der Waals surface area contributed by atoms with Crippen molar-refractivity contribution in [3.05, 3.63) is 41.7 Å². The lowest BCUT2D eigenvalue weighted by molar-refractivity contribution is 0.0602. The average Bonchev–Trinajstić information content (AvgIpc) is 2.86. The number of imidazole rings is 1. The minimum absolute atomic E-state index is 0.0500. The van der Waals surface area contributed by atoms with E-state index in [0.29, 0.717) is 13.0 Å². The van der Waals surface area contributed by atoms with Gasteiger partial charge in [-0.1, -0.05) is 0 Å². The van der Waals surface area contributed by atoms with Gasteiger partial charge in [0.15, 0.2) is 0 Å². The summed E-state index contributed by atoms with van der Waals surface area (Å²) in [7, 11) is 3.14. The van der Waals surface area contributed by atoms with Crippen molar-refractivity contribution < 1.29 is 13.9 Å². The minimum atomic E-state index is -0.598. The Morgan fingerprint density at radius 1 is 1.52 bits per heavy atom. The Balaban J connectivity index is 2.09. The van der Waals surface area contributed by atoms with Crippen LogP contribution in [0.2, 0.25) is 0 Å². The van der Waals surface area contributed by atoms with Crippen molar-refractivity contribution in [1.29, 1.82) is 0 Å². The van der Waals surface area contributed by atoms with Gasteiger partial charge in [0.2, 0.25) is 0 Å². The molecule has 0 saturated carbocycles. The molecule has 0 spiro atoms. The third-order valence-electron chi connectivity index (χ3n) is 3.13. The van der Waals surface area contributed by atoms with Crippen LogP contribution in [0.1, 0.15) is 16.2 Å². The van der Waals surface area contributed by atoms with E-state index in [4.69, 9.17) is 5.73 Å². The Labute approximate surface area is 121 Å². The van der Waals surface area contributed by atoms with E-state index >= 15 is 0 Å². The number of nitrogen functional groups attached to an aromatic ring is 1. The maximum Gasteiger partial charge on any atom is 0.340 e. The number of nitrogens with two attached hydrogens (primary N) is 1. The molecule has 1 aromatic carbocycles. The van der Waals surface area contributed by atoms with Crippen LogP contribution in [0.4, 0.5) is 15.8 Å². The Bertz CT molecular complexity index is 654. The number of nitrogens with one attached hydrogen (secondary N) is 1. The van der Waals surface area contributed by atoms with Gasteiger partial charge in [-0.15, -0.1) is 0 Å². The number of hydrogen-bond donors (Lipinski definition) is 2. The molecule has 0 saturated heterocycles. The molecule has 7 heteroatoms. The van der Waals surface area contributed by atoms with Gasteiger partial charge in [-0.2, -0.15) is 0 Å². The van der Waals surface area contributed by atoms with Gasteiger partial charge in [0.1, 0.15) is 11.6 Å². The number of esters is 1. The van der Waals surface area contributed by atoms with Crippen LogP contribution >= 0.6 is 0 Å². The van der Waals surface area contributed by atoms with E-state index in [0.717, 1.165) is 11.9 Å². The molecule has 0 fully saturated rings. The third kappa shape index (κ3) is 3.31. The summed E-state index contributed by atoms with van der Waals surface area (Å²) in [6, 6.07) is 2.46. The van der Waals surface area contributed by atoms with Gasteiger partial charge in [-0.05, 0) is 12.1 Å². The van der Waals surface area contributed by atoms with Crippen LogP contribution in [0.25, 0.3) is 0 Å². The van der Waals surface area contributed by atoms with Crippen LogP contribution in [-0.2, 0) is 18.2 Å². The van der Waals surface area contributed by atoms with E-state index in [1.807, 2.05) is 17.8 Å². The number of halogens is 1. The highest BCUT2D eigenvalue weighted by Crippen LogP contribution is 2.22. The summed E-state index contributed by atoms with van der Waals surface area (Å²) in [5.41, 5.74) is 6.01. The second-order valence-corrected chi connectivity index (χ2v) is 4.54. The van der Waals surface area contributed by atoms with Crippen LogP contribution < -0.4 is 11.1 Å². The van der Waals surface area contributed by atoms with Gasteiger partial charge in [0, 0.05) is 38.1 Å². The minimum Gasteiger partial charge on any atom is -0.465 e. The van der Waals surface area contributed by atoms with E-state index in [1.54, 1.807) is 6.20 Å². The Morgan fingerprint density at radius 3 is 2.90 bits per heavy atom. The number of anilines is 2. The highest BCUT2D eigenvalue weighted by Gasteiger charge is 2.14. The van der Waals surface area contributed by atoms with Gasteiger partial charge in [0.25, 0.3) is 0 Å². The Morgan fingerprint density at radius 2 is 2.29 bits per heavy atom. The summed E-state index contributed by atoms with van der Waals surface area (Å²) in [5, 5.41) is 2.93. The van der Waals surface area contributed by atoms with Gasteiger partial charge in [-0.3, -0.25) is 0 Å². The number of nitrogens with zero attached hydrogens (tertiary/aromatic N) is 2. The predicted octanol–water partition coefficient (Wildman–Crippen LogP) is 1.58. The lowest BCUT2D eigenvalue weighted by Gasteiger charge is -2.11. The molecule has 0 bridgehead atoms. The van der Waals surface area contributed by atoms with E-state index in [1.165, 1.54) is 13.2 Å². The first-order valence-corrected chi connectivity index (χ1v) is 6.40. The summed E-state index contributed by atoms with van der Waals surface area (Å²) >= 11 is 0. The smallest absolute Gasteiger partial charge is 0.340 e. The maximum absolute atomic E-state index is 13.8. The van der Waals surface area contributed by atoms with Crippen LogP contribution in [0.3, 0.4) is 0 Å². The molecule has 0 aliphatic heterocycles. The fourth-order valence-electron chi connectivity index (χ4n) is 1.96. The van der Waals surface area contributed by atoms with Gasteiger partial charge < -0.3 is 20.4 Å². The second-order valence-electron chi connectivity index (χ2n) is 4.54. The van der Waals surface area contributed by atoms with E-state index < -0.39 is 11.8 Å². The van der Waals surface area contributed by atoms with E-state index in [9.17, 15) is 9.18 Å². The summed E-state index contributed by atoms with van der Waals surface area (Å²) in [4.78, 5) is 15.7. The first kappa shape index (κ1) is 14.8. The molecule has 6 nitrogen and oxygen atoms in total. The zero-order valence-electron chi connectivity index (χ0n) is 11.9. The number of benzene rings is 1. The number of ether oxygens (including phenoxy) is 1. The quantitative estimate of drug-likeness (QED) is 0.646. The van der Waals surface area contributed by atoms with Crippen LogP contribution in [0.15, 0.2) is 24.5 Å². The zero-order valence-corrected chi connectivity index (χ0v) is 11.9. The second kappa shape index (κ2) is 6.25. The number of methoxy groups -OCH3 is 1. The van der Waals surface area contributed by atoms with Crippen molar-refractivity contribution in [3.8, 4) is 0 Å². The van der Waals surface area contributed by atoms with Gasteiger partial charge in [0.05, 0.1) is 18.4 Å². The molecule has 1 aromatic heterocycles. The highest BCUT2D eigenvalue weighted by molar-refractivity contribution is 5.96. The standard InChI is InChI=1S/C14H17FN4O2/c1-19-6-5-18-13(19)3-4-17-12-7-9(14(20)21-2)11(16)8-10(12)15/h5-8,17H,3-4,16H2,1-2H3. The van der Waals surface area contributed by atoms with Crippen molar-refractivity contribution >= 4 is 17.3 Å². The van der Waals surface area contributed by atoms with Crippen LogP contribution in [-0.4, -0.2) is 29.2 Å². The SMILES string of the molecule is COC(=O)c1cc(NCCc2nccn2C)c(F)cc1N. The number of aromatic nitrogens is 2. The number of rotatable bonds is 5. The number of carbonyl (C=O) groups excluding carboxylic acids is 1. The van der Waals surface area contributed by atoms with Gasteiger partial charge >= 0.3 is 5.97 Å². The lowest BCUT2D eigenvalue weighted by atomic mass is 10.1. The monoisotopic (exact) mass is 292 g/mol. The van der Waals surface area contributed by atoms with Crippen molar-refractivity contribution in [1.82, 2.24) is 9.55 Å². The number of hydrogen-bond acceptors (Lipinski definition) is 5. The van der Waals surface area contributed by atoms with E-state index in [2.05, 4.69) is 15.0 Å². The molecule has 1 heterocycles. The molecule has 3 N–H and O–H groups in total. The molecule has 0 unspecified atom stereocenters. The summed E-state index contributed by atoms with van der Waals surface area (Å²) in [6.07, 6.45) is 4.17. The predicted molar refractivity (Wildman–Crippen MR) is 77.6 cm³/mol. The first-order valence-electron chi connectivity index (χ1n) is 6.40. The molecular weight excluding hydrogens is 275 g/mol. The summed E-state index contributed by atoms with van der Waals surface area (Å²) in [5.74, 6) is -0.230. The molecule has 0 aliphatic carbocycles. The molecule has 0 aliphatic rings. The Hall–Kier alpha value is -2.57. The molecular formula is C14H17FN4O2. The molecule has 112 valence electrons. The zero-order chi connectivity index (χ0) is 15.4. The molecule has 0 amide bonds. The molecule has 21 heavy (non-hydrogen) atoms. The maximum atomic E-state index is 13.8. The fourth-order valence-corrected chi connectivity index (χ4v) is 1.96. The molecule has 2 rings (SSSR count). The van der Waals surface area contributed by atoms with Crippen LogP contribution in [0, 0.1) is 5.82 Å². The number of carbonyl (C=O) groups is 1. The fraction of sp³-hybridized carbons (Fsp3) is 0.286. The Kier molecular flexibility index (Phi) is 4.42. The summed E-state index contributed by atoms with van der Waals surface area (Å²) in [6.45, 7) is 0.478. The topological polar surface area (TPSA) is 82.2 Å². The van der Waals surface area contributed by atoms with Crippen molar-refractivity contribution in [3.63, 3.8) is 0 Å². The molecule has 2 aromatic rings. The average molecular weight is 292 g/mol.